The first kappa shape index (κ1) is 43.5. The Balaban J connectivity index is 1.30. The molecule has 0 saturated carbocycles. The van der Waals surface area contributed by atoms with Crippen molar-refractivity contribution in [1.82, 2.24) is 0 Å². The Hall–Kier alpha value is -5.08. The topological polar surface area (TPSA) is 0 Å². The van der Waals surface area contributed by atoms with Crippen molar-refractivity contribution >= 4 is 63.5 Å². The number of hydrogen-bond donors (Lipinski definition) is 0. The third-order valence-corrected chi connectivity index (χ3v) is 38.0. The van der Waals surface area contributed by atoms with Crippen LogP contribution in [0.2, 0.25) is 0 Å². The van der Waals surface area contributed by atoms with Crippen LogP contribution in [0.4, 0.5) is 0 Å². The van der Waals surface area contributed by atoms with Crippen molar-refractivity contribution in [3.63, 3.8) is 0 Å². The predicted octanol–water partition coefficient (Wildman–Crippen LogP) is 15.4. The molecule has 0 amide bonds. The first-order valence-electron chi connectivity index (χ1n) is 24.0. The van der Waals surface area contributed by atoms with Crippen LogP contribution in [0.1, 0.15) is 104 Å². The van der Waals surface area contributed by atoms with Gasteiger partial charge < -0.3 is 0 Å². The normalized spacial score (nSPS) is 17.8. The maximum atomic E-state index is 9.68. The summed E-state index contributed by atoms with van der Waals surface area (Å²) < 4.78 is 0.684. The fourth-order valence-electron chi connectivity index (χ4n) is 12.0. The minimum atomic E-state index is -6.01. The van der Waals surface area contributed by atoms with Gasteiger partial charge in [-0.15, -0.1) is 0 Å². The Bertz CT molecular complexity index is 3040. The average molecular weight is 990 g/mol. The monoisotopic (exact) mass is 987 g/mol. The molecule has 0 nitrogen and oxygen atoms in total. The van der Waals surface area contributed by atoms with Crippen LogP contribution in [-0.2, 0) is 16.4 Å². The van der Waals surface area contributed by atoms with Gasteiger partial charge in [-0.3, -0.25) is 0 Å². The van der Waals surface area contributed by atoms with Crippen molar-refractivity contribution in [2.24, 2.45) is 0 Å². The Kier molecular flexibility index (Phi) is 11.3. The molecule has 1 heterocycles. The van der Waals surface area contributed by atoms with Gasteiger partial charge in [0.15, 0.2) is 0 Å². The number of allylic oxidation sites excluding steroid dienone is 2. The Morgan fingerprint density at radius 2 is 0.864 bits per heavy atom. The molecule has 325 valence electrons. The summed E-state index contributed by atoms with van der Waals surface area (Å²) in [5.74, 6) is 0.722. The van der Waals surface area contributed by atoms with E-state index in [1.54, 1.807) is 0 Å². The quantitative estimate of drug-likeness (QED) is 0.113. The first-order chi connectivity index (χ1) is 32.2. The molecule has 1 aliphatic heterocycles. The van der Waals surface area contributed by atoms with Gasteiger partial charge in [-0.05, 0) is 0 Å². The molecule has 2 aliphatic carbocycles. The standard InChI is InChI=1S/2C25H23.C12H9Si.2ClH.Zr/c2*1-3-18(2)23-15-14-21-16-22(19-10-6-4-7-11-19)17-24(21)25(23)20-12-8-5-9-13-20;1-3-7-11-9(5-1)10-6-2-4-8-12(10)13-11;;;/h2*4-18H,3H2,1-2H3;1-7H,13H2;2*1H;/q;;;;;+2/p-2. The second-order valence-corrected chi connectivity index (χ2v) is 41.5. The van der Waals surface area contributed by atoms with Crippen LogP contribution in [-0.4, -0.2) is 9.52 Å². The van der Waals surface area contributed by atoms with E-state index in [9.17, 15) is 17.0 Å². The maximum absolute atomic E-state index is 9.68. The van der Waals surface area contributed by atoms with E-state index in [0.29, 0.717) is 11.8 Å². The summed E-state index contributed by atoms with van der Waals surface area (Å²) in [5, 5.41) is 2.89. The Morgan fingerprint density at radius 3 is 1.32 bits per heavy atom. The van der Waals surface area contributed by atoms with Gasteiger partial charge in [0.2, 0.25) is 0 Å². The second-order valence-electron chi connectivity index (χ2n) is 19.0. The number of hydrogen-bond acceptors (Lipinski definition) is 0. The first-order valence-corrected chi connectivity index (χ1v) is 35.8. The second kappa shape index (κ2) is 17.2. The van der Waals surface area contributed by atoms with Crippen LogP contribution >= 0.6 is 17.0 Å². The fourth-order valence-corrected chi connectivity index (χ4v) is 39.0. The molecule has 4 heteroatoms. The molecule has 0 bridgehead atoms. The molecule has 0 fully saturated rings. The molecular formula is C62H55Cl2SiZr. The zero-order chi connectivity index (χ0) is 45.2. The molecular weight excluding hydrogens is 935 g/mol. The van der Waals surface area contributed by atoms with Crippen LogP contribution in [0.15, 0.2) is 188 Å². The summed E-state index contributed by atoms with van der Waals surface area (Å²) in [7, 11) is 18.4. The van der Waals surface area contributed by atoms with Crippen molar-refractivity contribution in [3.8, 4) is 33.4 Å². The Labute approximate surface area is 402 Å². The molecule has 0 aromatic heterocycles. The SMILES string of the molecule is CCC(C)c1ccc2c(c1-c1ccccc1)C=C(c1ccccc1)[CH]2[Zr]([Cl])([Cl])([c]1cccc2c1[SiH2]c1ccccc1-2)[CH]1C(c2ccccc2)=Cc2c1ccc(C(C)CC)c2-c1ccccc1. The van der Waals surface area contributed by atoms with Crippen molar-refractivity contribution in [2.75, 3.05) is 0 Å². The summed E-state index contributed by atoms with van der Waals surface area (Å²) in [6.45, 7) is 9.35. The van der Waals surface area contributed by atoms with Gasteiger partial charge in [0.25, 0.3) is 0 Å². The van der Waals surface area contributed by atoms with E-state index in [-0.39, 0.29) is 7.25 Å². The predicted molar refractivity (Wildman–Crippen MR) is 286 cm³/mol. The van der Waals surface area contributed by atoms with E-state index in [2.05, 4.69) is 228 Å². The molecule has 0 saturated heterocycles. The summed E-state index contributed by atoms with van der Waals surface area (Å²) in [4.78, 5) is 0. The summed E-state index contributed by atoms with van der Waals surface area (Å²) in [6.07, 6.45) is 7.11. The van der Waals surface area contributed by atoms with Crippen LogP contribution in [0.3, 0.4) is 0 Å². The molecule has 0 radical (unpaired) electrons. The van der Waals surface area contributed by atoms with Gasteiger partial charge in [-0.1, -0.05) is 0 Å². The van der Waals surface area contributed by atoms with E-state index >= 15 is 0 Å². The van der Waals surface area contributed by atoms with Gasteiger partial charge in [0.1, 0.15) is 0 Å². The van der Waals surface area contributed by atoms with Crippen LogP contribution in [0.5, 0.6) is 0 Å². The van der Waals surface area contributed by atoms with E-state index in [1.165, 1.54) is 103 Å². The van der Waals surface area contributed by atoms with E-state index < -0.39 is 25.9 Å². The molecule has 8 aromatic carbocycles. The van der Waals surface area contributed by atoms with E-state index in [0.717, 1.165) is 12.8 Å². The van der Waals surface area contributed by atoms with Crippen LogP contribution < -0.4 is 13.6 Å². The Morgan fingerprint density at radius 1 is 0.455 bits per heavy atom. The van der Waals surface area contributed by atoms with Gasteiger partial charge in [-0.2, -0.15) is 0 Å². The van der Waals surface area contributed by atoms with Gasteiger partial charge in [-0.25, -0.2) is 0 Å². The molecule has 3 aliphatic rings. The summed E-state index contributed by atoms with van der Waals surface area (Å²) in [6, 6.07) is 70.0. The van der Waals surface area contributed by atoms with Gasteiger partial charge >= 0.3 is 405 Å². The van der Waals surface area contributed by atoms with Gasteiger partial charge in [0, 0.05) is 0 Å². The minimum absolute atomic E-state index is 0.276. The zero-order valence-corrected chi connectivity index (χ0v) is 43.6. The molecule has 66 heavy (non-hydrogen) atoms. The third kappa shape index (κ3) is 6.85. The molecule has 4 atom stereocenters. The molecule has 0 N–H and O–H groups in total. The summed E-state index contributed by atoms with van der Waals surface area (Å²) in [5.41, 5.74) is 20.3. The van der Waals surface area contributed by atoms with Crippen LogP contribution in [0, 0.1) is 0 Å². The number of fused-ring (bicyclic) bond motifs is 5. The molecule has 4 unspecified atom stereocenters. The third-order valence-electron chi connectivity index (χ3n) is 15.5. The van der Waals surface area contributed by atoms with Crippen molar-refractivity contribution in [1.29, 1.82) is 0 Å². The number of benzene rings is 8. The average Bonchev–Trinajstić information content (AvgIpc) is 4.09. The van der Waals surface area contributed by atoms with E-state index in [1.807, 2.05) is 0 Å². The molecule has 0 spiro atoms. The van der Waals surface area contributed by atoms with E-state index in [4.69, 9.17) is 0 Å². The zero-order valence-electron chi connectivity index (χ0n) is 38.2. The number of rotatable bonds is 11. The summed E-state index contributed by atoms with van der Waals surface area (Å²) >= 11 is -6.01. The van der Waals surface area contributed by atoms with Crippen molar-refractivity contribution < 1.29 is 16.4 Å². The van der Waals surface area contributed by atoms with Crippen molar-refractivity contribution in [2.45, 2.75) is 59.6 Å². The van der Waals surface area contributed by atoms with Crippen LogP contribution in [0.25, 0.3) is 56.7 Å². The van der Waals surface area contributed by atoms with Gasteiger partial charge in [0.05, 0.1) is 0 Å². The molecule has 11 rings (SSSR count). The van der Waals surface area contributed by atoms with Crippen molar-refractivity contribution in [3.05, 3.63) is 233 Å². The molecule has 8 aromatic rings. The number of halogens is 2. The fraction of sp³-hybridized carbons (Fsp3) is 0.161.